The third kappa shape index (κ3) is 8.12. The predicted molar refractivity (Wildman–Crippen MR) is 107 cm³/mol. The fourth-order valence-electron chi connectivity index (χ4n) is 2.45. The van der Waals surface area contributed by atoms with Crippen LogP contribution in [0.1, 0.15) is 26.3 Å². The molecule has 0 amide bonds. The Hall–Kier alpha value is -1.97. The number of carbonyl (C=O) groups excluding carboxylic acids is 1. The number of carbonyl (C=O) groups is 2. The molecule has 1 unspecified atom stereocenters. The van der Waals surface area contributed by atoms with Gasteiger partial charge in [0.05, 0.1) is 31.5 Å². The topological polar surface area (TPSA) is 116 Å². The molecule has 0 aromatic heterocycles. The second-order valence-electron chi connectivity index (χ2n) is 6.96. The second-order valence-corrected chi connectivity index (χ2v) is 9.55. The second kappa shape index (κ2) is 11.9. The van der Waals surface area contributed by atoms with Crippen LogP contribution in [0.5, 0.6) is 0 Å². The number of rotatable bonds is 14. The summed E-state index contributed by atoms with van der Waals surface area (Å²) in [5.74, 6) is -4.00. The highest BCUT2D eigenvalue weighted by molar-refractivity contribution is 7.93. The van der Waals surface area contributed by atoms with Crippen LogP contribution < -0.4 is 0 Å². The molecule has 1 aromatic rings. The van der Waals surface area contributed by atoms with Crippen LogP contribution in [0.15, 0.2) is 30.3 Å². The van der Waals surface area contributed by atoms with Gasteiger partial charge < -0.3 is 19.3 Å². The van der Waals surface area contributed by atoms with Crippen molar-refractivity contribution in [2.24, 2.45) is 5.92 Å². The Morgan fingerprint density at radius 1 is 1.03 bits per heavy atom. The van der Waals surface area contributed by atoms with Gasteiger partial charge in [-0.1, -0.05) is 30.3 Å². The normalized spacial score (nSPS) is 13.1. The molecule has 0 aliphatic carbocycles. The maximum atomic E-state index is 12.8. The molecule has 0 aliphatic rings. The third-order valence-corrected chi connectivity index (χ3v) is 6.96. The van der Waals surface area contributed by atoms with E-state index >= 15 is 0 Å². The Kier molecular flexibility index (Phi) is 10.3. The first kappa shape index (κ1) is 25.1. The minimum absolute atomic E-state index is 0.0498. The van der Waals surface area contributed by atoms with E-state index in [9.17, 15) is 23.1 Å². The van der Waals surface area contributed by atoms with Crippen LogP contribution in [0.2, 0.25) is 0 Å². The molecule has 1 atom stereocenters. The number of aliphatic carboxylic acids is 1. The van der Waals surface area contributed by atoms with Crippen LogP contribution >= 0.6 is 0 Å². The molecule has 0 heterocycles. The zero-order chi connectivity index (χ0) is 21.9. The lowest BCUT2D eigenvalue weighted by atomic mass is 10.0. The molecule has 0 saturated heterocycles. The molecule has 164 valence electrons. The Balaban J connectivity index is 2.66. The maximum absolute atomic E-state index is 12.8. The Morgan fingerprint density at radius 2 is 1.62 bits per heavy atom. The molecule has 8 nitrogen and oxygen atoms in total. The van der Waals surface area contributed by atoms with Crippen molar-refractivity contribution in [3.8, 4) is 0 Å². The smallest absolute Gasteiger partial charge is 0.326 e. The van der Waals surface area contributed by atoms with E-state index in [0.717, 1.165) is 0 Å². The van der Waals surface area contributed by atoms with Crippen LogP contribution in [-0.2, 0) is 40.1 Å². The molecule has 0 spiro atoms. The SMILES string of the molecule is CCOCCOCCOC(=O)C(C)(C)S(=O)(=O)CC(Cc1ccccc1)C(=O)O. The highest BCUT2D eigenvalue weighted by atomic mass is 32.2. The van der Waals surface area contributed by atoms with Crippen molar-refractivity contribution in [2.45, 2.75) is 31.9 Å². The van der Waals surface area contributed by atoms with Crippen molar-refractivity contribution in [3.05, 3.63) is 35.9 Å². The fourth-order valence-corrected chi connectivity index (χ4v) is 3.97. The van der Waals surface area contributed by atoms with E-state index in [2.05, 4.69) is 0 Å². The highest BCUT2D eigenvalue weighted by Gasteiger charge is 2.45. The monoisotopic (exact) mass is 430 g/mol. The lowest BCUT2D eigenvalue weighted by molar-refractivity contribution is -0.147. The summed E-state index contributed by atoms with van der Waals surface area (Å²) < 4.78 is 39.1. The lowest BCUT2D eigenvalue weighted by Gasteiger charge is -2.24. The van der Waals surface area contributed by atoms with Gasteiger partial charge in [-0.2, -0.15) is 0 Å². The molecule has 0 saturated carbocycles. The van der Waals surface area contributed by atoms with Crippen LogP contribution in [-0.4, -0.2) is 69.0 Å². The molecular weight excluding hydrogens is 400 g/mol. The molecule has 1 N–H and O–H groups in total. The lowest BCUT2D eigenvalue weighted by Crippen LogP contribution is -2.46. The summed E-state index contributed by atoms with van der Waals surface area (Å²) in [4.78, 5) is 23.9. The van der Waals surface area contributed by atoms with Crippen molar-refractivity contribution in [1.82, 2.24) is 0 Å². The van der Waals surface area contributed by atoms with Crippen LogP contribution in [0.25, 0.3) is 0 Å². The predicted octanol–water partition coefficient (Wildman–Crippen LogP) is 1.72. The van der Waals surface area contributed by atoms with Gasteiger partial charge >= 0.3 is 11.9 Å². The number of sulfone groups is 1. The van der Waals surface area contributed by atoms with Crippen molar-refractivity contribution in [3.63, 3.8) is 0 Å². The number of carboxylic acid groups (broad SMARTS) is 1. The Bertz CT molecular complexity index is 743. The number of carboxylic acids is 1. The van der Waals surface area contributed by atoms with E-state index in [4.69, 9.17) is 14.2 Å². The fraction of sp³-hybridized carbons (Fsp3) is 0.600. The summed E-state index contributed by atoms with van der Waals surface area (Å²) in [6.45, 7) is 5.65. The minimum Gasteiger partial charge on any atom is -0.481 e. The van der Waals surface area contributed by atoms with E-state index < -0.39 is 38.2 Å². The van der Waals surface area contributed by atoms with E-state index in [-0.39, 0.29) is 19.6 Å². The molecule has 0 aliphatic heterocycles. The molecule has 9 heteroatoms. The molecule has 29 heavy (non-hydrogen) atoms. The van der Waals surface area contributed by atoms with Crippen LogP contribution in [0.4, 0.5) is 0 Å². The van der Waals surface area contributed by atoms with E-state index in [0.29, 0.717) is 25.4 Å². The van der Waals surface area contributed by atoms with Gasteiger partial charge in [0, 0.05) is 6.61 Å². The molecule has 0 radical (unpaired) electrons. The van der Waals surface area contributed by atoms with Crippen molar-refractivity contribution >= 4 is 21.8 Å². The average Bonchev–Trinajstić information content (AvgIpc) is 2.67. The zero-order valence-electron chi connectivity index (χ0n) is 17.1. The van der Waals surface area contributed by atoms with Crippen LogP contribution in [0, 0.1) is 5.92 Å². The van der Waals surface area contributed by atoms with Crippen LogP contribution in [0.3, 0.4) is 0 Å². The zero-order valence-corrected chi connectivity index (χ0v) is 17.9. The number of hydrogen-bond acceptors (Lipinski definition) is 7. The van der Waals surface area contributed by atoms with Gasteiger partial charge in [-0.15, -0.1) is 0 Å². The van der Waals surface area contributed by atoms with E-state index in [1.54, 1.807) is 30.3 Å². The summed E-state index contributed by atoms with van der Waals surface area (Å²) in [5, 5.41) is 9.46. The van der Waals surface area contributed by atoms with Gasteiger partial charge in [0.1, 0.15) is 6.61 Å². The first-order chi connectivity index (χ1) is 13.6. The molecule has 1 aromatic carbocycles. The summed E-state index contributed by atoms with van der Waals surface area (Å²) in [7, 11) is -4.09. The molecule has 0 fully saturated rings. The largest absolute Gasteiger partial charge is 0.481 e. The standard InChI is InChI=1S/C20H30O8S/c1-4-26-10-11-27-12-13-28-19(23)20(2,3)29(24,25)15-17(18(21)22)14-16-8-6-5-7-9-16/h5-9,17H,4,10-15H2,1-3H3,(H,21,22). The minimum atomic E-state index is -4.09. The van der Waals surface area contributed by atoms with Gasteiger partial charge in [-0.05, 0) is 32.8 Å². The average molecular weight is 431 g/mol. The summed E-state index contributed by atoms with van der Waals surface area (Å²) in [6, 6.07) is 8.75. The third-order valence-electron chi connectivity index (χ3n) is 4.40. The van der Waals surface area contributed by atoms with Gasteiger partial charge in [-0.25, -0.2) is 8.42 Å². The van der Waals surface area contributed by atoms with E-state index in [1.165, 1.54) is 13.8 Å². The maximum Gasteiger partial charge on any atom is 0.326 e. The number of esters is 1. The van der Waals surface area contributed by atoms with Crippen molar-refractivity contribution in [2.75, 3.05) is 38.8 Å². The molecular formula is C20H30O8S. The summed E-state index contributed by atoms with van der Waals surface area (Å²) in [5.41, 5.74) is 0.708. The Morgan fingerprint density at radius 3 is 2.21 bits per heavy atom. The number of hydrogen-bond donors (Lipinski definition) is 1. The summed E-state index contributed by atoms with van der Waals surface area (Å²) >= 11 is 0. The van der Waals surface area contributed by atoms with Gasteiger partial charge in [-0.3, -0.25) is 9.59 Å². The number of ether oxygens (including phenoxy) is 3. The quantitative estimate of drug-likeness (QED) is 0.350. The van der Waals surface area contributed by atoms with Gasteiger partial charge in [0.2, 0.25) is 0 Å². The molecule has 0 bridgehead atoms. The van der Waals surface area contributed by atoms with Gasteiger partial charge in [0.15, 0.2) is 14.6 Å². The van der Waals surface area contributed by atoms with Crippen molar-refractivity contribution in [1.29, 1.82) is 0 Å². The first-order valence-electron chi connectivity index (χ1n) is 9.43. The number of benzene rings is 1. The Labute approximate surface area is 172 Å². The molecule has 1 rings (SSSR count). The summed E-state index contributed by atoms with van der Waals surface area (Å²) in [6.07, 6.45) is 0.0498. The highest BCUT2D eigenvalue weighted by Crippen LogP contribution is 2.23. The van der Waals surface area contributed by atoms with Gasteiger partial charge in [0.25, 0.3) is 0 Å². The first-order valence-corrected chi connectivity index (χ1v) is 11.1. The van der Waals surface area contributed by atoms with Crippen molar-refractivity contribution < 1.29 is 37.3 Å². The van der Waals surface area contributed by atoms with E-state index in [1.807, 2.05) is 6.92 Å².